The monoisotopic (exact) mass is 118 g/mol. The second kappa shape index (κ2) is 2.01. The molecule has 0 saturated carbocycles. The molecule has 0 aromatic heterocycles. The van der Waals surface area contributed by atoms with Crippen LogP contribution in [0.3, 0.4) is 0 Å². The lowest BCUT2D eigenvalue weighted by Gasteiger charge is -2.36. The Morgan fingerprint density at radius 2 is 2.38 bits per heavy atom. The van der Waals surface area contributed by atoms with E-state index >= 15 is 0 Å². The molecule has 3 nitrogen and oxygen atoms in total. The molecule has 1 atom stereocenters. The highest BCUT2D eigenvalue weighted by molar-refractivity contribution is 4.79. The Morgan fingerprint density at radius 3 is 2.38 bits per heavy atom. The molecule has 0 aromatic carbocycles. The second-order valence-electron chi connectivity index (χ2n) is 2.04. The Bertz CT molecular complexity index is 64.2. The molecule has 0 aliphatic carbocycles. The predicted molar refractivity (Wildman–Crippen MR) is 27.1 cm³/mol. The molecule has 1 fully saturated rings. The summed E-state index contributed by atoms with van der Waals surface area (Å²) >= 11 is 0. The van der Waals surface area contributed by atoms with Crippen LogP contribution in [0.1, 0.15) is 13.3 Å². The van der Waals surface area contributed by atoms with Gasteiger partial charge in [0.15, 0.2) is 5.60 Å². The molecule has 0 aromatic rings. The molecule has 1 unspecified atom stereocenters. The van der Waals surface area contributed by atoms with E-state index in [2.05, 4.69) is 9.78 Å². The van der Waals surface area contributed by atoms with Crippen molar-refractivity contribution in [3.05, 3.63) is 0 Å². The molecule has 0 radical (unpaired) electrons. The molecule has 1 aliphatic heterocycles. The van der Waals surface area contributed by atoms with Gasteiger partial charge in [-0.15, -0.1) is 0 Å². The molecule has 3 heteroatoms. The summed E-state index contributed by atoms with van der Waals surface area (Å²) in [6.07, 6.45) is 0.809. The zero-order valence-electron chi connectivity index (χ0n) is 4.89. The van der Waals surface area contributed by atoms with Gasteiger partial charge < -0.3 is 5.11 Å². The molecule has 1 aliphatic rings. The van der Waals surface area contributed by atoms with E-state index in [1.807, 2.05) is 6.92 Å². The molecule has 1 heterocycles. The van der Waals surface area contributed by atoms with Crippen molar-refractivity contribution in [3.8, 4) is 0 Å². The minimum absolute atomic E-state index is 0.0590. The van der Waals surface area contributed by atoms with Crippen LogP contribution in [0.5, 0.6) is 0 Å². The van der Waals surface area contributed by atoms with Crippen molar-refractivity contribution in [2.24, 2.45) is 0 Å². The number of hydrogen-bond donors (Lipinski definition) is 1. The van der Waals surface area contributed by atoms with Crippen molar-refractivity contribution in [3.63, 3.8) is 0 Å². The van der Waals surface area contributed by atoms with Gasteiger partial charge in [0, 0.05) is 0 Å². The number of rotatable bonds is 2. The van der Waals surface area contributed by atoms with Crippen LogP contribution < -0.4 is 0 Å². The molecule has 1 saturated heterocycles. The molecule has 1 rings (SSSR count). The summed E-state index contributed by atoms with van der Waals surface area (Å²) in [5.74, 6) is 0. The van der Waals surface area contributed by atoms with Crippen LogP contribution in [0.2, 0.25) is 0 Å². The van der Waals surface area contributed by atoms with Gasteiger partial charge in [0.25, 0.3) is 0 Å². The summed E-state index contributed by atoms with van der Waals surface area (Å²) in [6.45, 7) is 2.54. The predicted octanol–water partition coefficient (Wildman–Crippen LogP) is 0.0893. The minimum Gasteiger partial charge on any atom is -0.393 e. The van der Waals surface area contributed by atoms with Gasteiger partial charge >= 0.3 is 0 Å². The summed E-state index contributed by atoms with van der Waals surface area (Å²) < 4.78 is 0. The Morgan fingerprint density at radius 1 is 1.75 bits per heavy atom. The first-order valence-corrected chi connectivity index (χ1v) is 2.74. The van der Waals surface area contributed by atoms with Gasteiger partial charge in [0.2, 0.25) is 0 Å². The zero-order valence-corrected chi connectivity index (χ0v) is 4.89. The molecule has 1 N–H and O–H groups in total. The van der Waals surface area contributed by atoms with Crippen LogP contribution in [-0.4, -0.2) is 23.9 Å². The lowest BCUT2D eigenvalue weighted by molar-refractivity contribution is -0.476. The molecular formula is C5H10O3. The average molecular weight is 118 g/mol. The van der Waals surface area contributed by atoms with Crippen molar-refractivity contribution >= 4 is 0 Å². The molecule has 0 amide bonds. The lowest BCUT2D eigenvalue weighted by atomic mass is 10.0. The van der Waals surface area contributed by atoms with Gasteiger partial charge in [-0.3, -0.25) is 0 Å². The van der Waals surface area contributed by atoms with Crippen molar-refractivity contribution in [2.75, 3.05) is 13.2 Å². The van der Waals surface area contributed by atoms with E-state index in [0.717, 1.165) is 6.42 Å². The Balaban J connectivity index is 2.33. The quantitative estimate of drug-likeness (QED) is 0.522. The fourth-order valence-electron chi connectivity index (χ4n) is 0.570. The third-order valence-corrected chi connectivity index (χ3v) is 1.49. The first-order chi connectivity index (χ1) is 3.83. The third kappa shape index (κ3) is 0.727. The van der Waals surface area contributed by atoms with Crippen molar-refractivity contribution in [1.82, 2.24) is 0 Å². The fraction of sp³-hybridized carbons (Fsp3) is 1.00. The first-order valence-electron chi connectivity index (χ1n) is 2.74. The fourth-order valence-corrected chi connectivity index (χ4v) is 0.570. The van der Waals surface area contributed by atoms with Crippen LogP contribution in [-0.2, 0) is 9.78 Å². The van der Waals surface area contributed by atoms with Gasteiger partial charge in [-0.25, -0.2) is 9.78 Å². The van der Waals surface area contributed by atoms with E-state index < -0.39 is 0 Å². The Labute approximate surface area is 48.1 Å². The SMILES string of the molecule is CCC1(CO)COO1. The van der Waals surface area contributed by atoms with E-state index in [-0.39, 0.29) is 12.2 Å². The van der Waals surface area contributed by atoms with Crippen LogP contribution in [0.15, 0.2) is 0 Å². The van der Waals surface area contributed by atoms with Gasteiger partial charge in [-0.1, -0.05) is 6.92 Å². The van der Waals surface area contributed by atoms with Crippen LogP contribution in [0, 0.1) is 0 Å². The highest BCUT2D eigenvalue weighted by Crippen LogP contribution is 2.24. The smallest absolute Gasteiger partial charge is 0.152 e. The molecule has 48 valence electrons. The molecule has 8 heavy (non-hydrogen) atoms. The van der Waals surface area contributed by atoms with E-state index in [9.17, 15) is 0 Å². The number of hydrogen-bond acceptors (Lipinski definition) is 3. The first kappa shape index (κ1) is 6.01. The van der Waals surface area contributed by atoms with Gasteiger partial charge in [0.05, 0.1) is 6.61 Å². The average Bonchev–Trinajstić information content (AvgIpc) is 1.67. The van der Waals surface area contributed by atoms with E-state index in [4.69, 9.17) is 5.11 Å². The normalized spacial score (nSPS) is 36.8. The summed E-state index contributed by atoms with van der Waals surface area (Å²) in [6, 6.07) is 0. The third-order valence-electron chi connectivity index (χ3n) is 1.49. The van der Waals surface area contributed by atoms with E-state index in [1.165, 1.54) is 0 Å². The van der Waals surface area contributed by atoms with Crippen molar-refractivity contribution in [2.45, 2.75) is 18.9 Å². The maximum Gasteiger partial charge on any atom is 0.152 e. The summed E-state index contributed by atoms with van der Waals surface area (Å²) in [4.78, 5) is 9.13. The molecular weight excluding hydrogens is 108 g/mol. The summed E-state index contributed by atoms with van der Waals surface area (Å²) in [5, 5.41) is 8.63. The van der Waals surface area contributed by atoms with Crippen LogP contribution in [0.25, 0.3) is 0 Å². The van der Waals surface area contributed by atoms with Crippen LogP contribution >= 0.6 is 0 Å². The van der Waals surface area contributed by atoms with E-state index in [0.29, 0.717) is 6.61 Å². The van der Waals surface area contributed by atoms with Crippen molar-refractivity contribution < 1.29 is 14.9 Å². The second-order valence-corrected chi connectivity index (χ2v) is 2.04. The number of aliphatic hydroxyl groups is 1. The summed E-state index contributed by atoms with van der Waals surface area (Å²) in [5.41, 5.74) is -0.361. The maximum absolute atomic E-state index is 8.63. The van der Waals surface area contributed by atoms with Crippen molar-refractivity contribution in [1.29, 1.82) is 0 Å². The van der Waals surface area contributed by atoms with Gasteiger partial charge in [-0.05, 0) is 6.42 Å². The van der Waals surface area contributed by atoms with E-state index in [1.54, 1.807) is 0 Å². The molecule has 0 spiro atoms. The topological polar surface area (TPSA) is 38.7 Å². The Hall–Kier alpha value is -0.120. The maximum atomic E-state index is 8.63. The highest BCUT2D eigenvalue weighted by Gasteiger charge is 2.38. The zero-order chi connectivity index (χ0) is 6.04. The Kier molecular flexibility index (Phi) is 1.51. The highest BCUT2D eigenvalue weighted by atomic mass is 17.2. The lowest BCUT2D eigenvalue weighted by Crippen LogP contribution is -2.49. The van der Waals surface area contributed by atoms with Crippen LogP contribution in [0.4, 0.5) is 0 Å². The standard InChI is InChI=1S/C5H10O3/c1-2-5(3-6)4-7-8-5/h6H,2-4H2,1H3. The summed E-state index contributed by atoms with van der Waals surface area (Å²) in [7, 11) is 0. The van der Waals surface area contributed by atoms with Gasteiger partial charge in [-0.2, -0.15) is 0 Å². The number of aliphatic hydroxyl groups excluding tert-OH is 1. The molecule has 0 bridgehead atoms. The minimum atomic E-state index is -0.361. The van der Waals surface area contributed by atoms with Gasteiger partial charge in [0.1, 0.15) is 6.61 Å². The largest absolute Gasteiger partial charge is 0.393 e.